The van der Waals surface area contributed by atoms with Crippen LogP contribution < -0.4 is 0 Å². The molecule has 0 aliphatic heterocycles. The molecule has 1 aromatic rings. The molecule has 0 radical (unpaired) electrons. The van der Waals surface area contributed by atoms with Crippen molar-refractivity contribution < 1.29 is 24.2 Å². The summed E-state index contributed by atoms with van der Waals surface area (Å²) in [6.45, 7) is 4.63. The lowest BCUT2D eigenvalue weighted by Crippen LogP contribution is -2.20. The second-order valence-corrected chi connectivity index (χ2v) is 4.35. The van der Waals surface area contributed by atoms with Crippen LogP contribution in [0.25, 0.3) is 0 Å². The molecule has 0 aliphatic rings. The van der Waals surface area contributed by atoms with Crippen molar-refractivity contribution >= 4 is 17.7 Å². The van der Waals surface area contributed by atoms with E-state index in [-0.39, 0.29) is 11.4 Å². The van der Waals surface area contributed by atoms with Gasteiger partial charge in [0.25, 0.3) is 0 Å². The van der Waals surface area contributed by atoms with E-state index in [0.29, 0.717) is 0 Å². The Kier molecular flexibility index (Phi) is 5.65. The van der Waals surface area contributed by atoms with Crippen LogP contribution in [0.5, 0.6) is 0 Å². The number of ketones is 1. The highest BCUT2D eigenvalue weighted by molar-refractivity contribution is 5.95. The molecule has 20 heavy (non-hydrogen) atoms. The molecule has 1 unspecified atom stereocenters. The number of carboxylic acids is 1. The molecule has 0 amide bonds. The lowest BCUT2D eigenvalue weighted by atomic mass is 9.97. The van der Waals surface area contributed by atoms with Gasteiger partial charge in [-0.05, 0) is 5.56 Å². The zero-order valence-corrected chi connectivity index (χ0v) is 11.2. The van der Waals surface area contributed by atoms with Crippen molar-refractivity contribution in [2.75, 3.05) is 6.61 Å². The van der Waals surface area contributed by atoms with Crippen molar-refractivity contribution in [3.63, 3.8) is 0 Å². The average molecular weight is 276 g/mol. The van der Waals surface area contributed by atoms with Gasteiger partial charge >= 0.3 is 11.9 Å². The molecule has 1 aromatic carbocycles. The lowest BCUT2D eigenvalue weighted by Gasteiger charge is -2.11. The van der Waals surface area contributed by atoms with Crippen LogP contribution in [0.15, 0.2) is 42.5 Å². The smallest absolute Gasteiger partial charge is 0.334 e. The number of carbonyl (C=O) groups is 3. The quantitative estimate of drug-likeness (QED) is 0.608. The van der Waals surface area contributed by atoms with Gasteiger partial charge in [0.05, 0.1) is 6.42 Å². The zero-order chi connectivity index (χ0) is 15.1. The monoisotopic (exact) mass is 276 g/mol. The van der Waals surface area contributed by atoms with Crippen LogP contribution in [0.1, 0.15) is 24.8 Å². The Morgan fingerprint density at radius 2 is 1.85 bits per heavy atom. The fourth-order valence-corrected chi connectivity index (χ4v) is 1.55. The molecule has 1 rings (SSSR count). The molecule has 0 fully saturated rings. The van der Waals surface area contributed by atoms with Crippen LogP contribution >= 0.6 is 0 Å². The number of ether oxygens (including phenoxy) is 1. The molecule has 0 spiro atoms. The molecular weight excluding hydrogens is 260 g/mol. The van der Waals surface area contributed by atoms with Gasteiger partial charge in [-0.2, -0.15) is 0 Å². The van der Waals surface area contributed by atoms with Crippen molar-refractivity contribution in [1.82, 2.24) is 0 Å². The van der Waals surface area contributed by atoms with Crippen LogP contribution in [-0.4, -0.2) is 29.4 Å². The first-order chi connectivity index (χ1) is 9.41. The average Bonchev–Trinajstić information content (AvgIpc) is 2.43. The maximum Gasteiger partial charge on any atom is 0.334 e. The Balaban J connectivity index is 2.49. The number of carbonyl (C=O) groups excluding carboxylic acids is 2. The normalized spacial score (nSPS) is 11.4. The summed E-state index contributed by atoms with van der Waals surface area (Å²) in [5.74, 6) is -2.68. The van der Waals surface area contributed by atoms with E-state index in [0.717, 1.165) is 5.56 Å². The number of aliphatic carboxylic acids is 1. The lowest BCUT2D eigenvalue weighted by molar-refractivity contribution is -0.146. The summed E-state index contributed by atoms with van der Waals surface area (Å²) in [7, 11) is 0. The van der Waals surface area contributed by atoms with Crippen molar-refractivity contribution in [3.05, 3.63) is 48.0 Å². The van der Waals surface area contributed by atoms with E-state index in [1.807, 2.05) is 30.3 Å². The second kappa shape index (κ2) is 7.23. The van der Waals surface area contributed by atoms with Gasteiger partial charge in [-0.3, -0.25) is 9.59 Å². The number of hydrogen-bond donors (Lipinski definition) is 1. The molecule has 0 aliphatic carbocycles. The van der Waals surface area contributed by atoms with Gasteiger partial charge in [-0.15, -0.1) is 0 Å². The Morgan fingerprint density at radius 3 is 2.40 bits per heavy atom. The highest BCUT2D eigenvalue weighted by atomic mass is 16.5. The number of hydrogen-bond acceptors (Lipinski definition) is 4. The number of carboxylic acid groups (broad SMARTS) is 1. The number of rotatable bonds is 7. The predicted molar refractivity (Wildman–Crippen MR) is 72.2 cm³/mol. The largest absolute Gasteiger partial charge is 0.481 e. The van der Waals surface area contributed by atoms with E-state index in [4.69, 9.17) is 9.84 Å². The summed E-state index contributed by atoms with van der Waals surface area (Å²) in [6.07, 6.45) is -0.499. The molecule has 106 valence electrons. The van der Waals surface area contributed by atoms with Gasteiger partial charge in [-0.1, -0.05) is 43.8 Å². The van der Waals surface area contributed by atoms with Crippen LogP contribution in [0.3, 0.4) is 0 Å². The summed E-state index contributed by atoms with van der Waals surface area (Å²) in [6, 6.07) is 9.11. The zero-order valence-electron chi connectivity index (χ0n) is 11.2. The van der Waals surface area contributed by atoms with Crippen molar-refractivity contribution in [1.29, 1.82) is 0 Å². The summed E-state index contributed by atoms with van der Waals surface area (Å²) >= 11 is 0. The minimum atomic E-state index is -1.17. The molecule has 5 nitrogen and oxygen atoms in total. The SMILES string of the molecule is C=C(CC(=O)O)C(=O)OCC(=O)C(C)c1ccccc1. The molecule has 0 aromatic heterocycles. The first kappa shape index (κ1) is 15.6. The first-order valence-electron chi connectivity index (χ1n) is 6.06. The Bertz CT molecular complexity index is 518. The minimum Gasteiger partial charge on any atom is -0.481 e. The Hall–Kier alpha value is -2.43. The van der Waals surface area contributed by atoms with Crippen LogP contribution in [0.2, 0.25) is 0 Å². The molecule has 0 saturated carbocycles. The highest BCUT2D eigenvalue weighted by Gasteiger charge is 2.18. The number of benzene rings is 1. The van der Waals surface area contributed by atoms with E-state index < -0.39 is 30.9 Å². The summed E-state index contributed by atoms with van der Waals surface area (Å²) < 4.78 is 4.76. The third-order valence-electron chi connectivity index (χ3n) is 2.78. The summed E-state index contributed by atoms with van der Waals surface area (Å²) in [4.78, 5) is 33.7. The molecule has 0 saturated heterocycles. The topological polar surface area (TPSA) is 80.7 Å². The molecular formula is C15H16O5. The third kappa shape index (κ3) is 4.68. The number of esters is 1. The van der Waals surface area contributed by atoms with E-state index in [9.17, 15) is 14.4 Å². The molecule has 1 N–H and O–H groups in total. The van der Waals surface area contributed by atoms with E-state index in [1.165, 1.54) is 0 Å². The summed E-state index contributed by atoms with van der Waals surface area (Å²) in [5.41, 5.74) is 0.649. The van der Waals surface area contributed by atoms with Crippen LogP contribution in [-0.2, 0) is 19.1 Å². The van der Waals surface area contributed by atoms with Crippen molar-refractivity contribution in [2.45, 2.75) is 19.3 Å². The maximum atomic E-state index is 11.9. The van der Waals surface area contributed by atoms with Crippen LogP contribution in [0, 0.1) is 0 Å². The van der Waals surface area contributed by atoms with Crippen molar-refractivity contribution in [2.24, 2.45) is 0 Å². The van der Waals surface area contributed by atoms with E-state index in [2.05, 4.69) is 6.58 Å². The fraction of sp³-hybridized carbons (Fsp3) is 0.267. The Labute approximate surface area is 116 Å². The third-order valence-corrected chi connectivity index (χ3v) is 2.78. The van der Waals surface area contributed by atoms with Gasteiger partial charge < -0.3 is 9.84 Å². The van der Waals surface area contributed by atoms with E-state index in [1.54, 1.807) is 6.92 Å². The fourth-order valence-electron chi connectivity index (χ4n) is 1.55. The standard InChI is InChI=1S/C15H16O5/c1-10(8-14(17)18)15(19)20-9-13(16)11(2)12-6-4-3-5-7-12/h3-7,11H,1,8-9H2,2H3,(H,17,18). The molecule has 1 atom stereocenters. The van der Waals surface area contributed by atoms with Gasteiger partial charge in [0.2, 0.25) is 0 Å². The van der Waals surface area contributed by atoms with Gasteiger partial charge in [-0.25, -0.2) is 4.79 Å². The minimum absolute atomic E-state index is 0.183. The van der Waals surface area contributed by atoms with Crippen LogP contribution in [0.4, 0.5) is 0 Å². The predicted octanol–water partition coefficient (Wildman–Crippen LogP) is 1.93. The molecule has 5 heteroatoms. The first-order valence-corrected chi connectivity index (χ1v) is 6.06. The van der Waals surface area contributed by atoms with Gasteiger partial charge in [0, 0.05) is 11.5 Å². The molecule has 0 heterocycles. The van der Waals surface area contributed by atoms with Gasteiger partial charge in [0.1, 0.15) is 0 Å². The summed E-state index contributed by atoms with van der Waals surface area (Å²) in [5, 5.41) is 8.51. The highest BCUT2D eigenvalue weighted by Crippen LogP contribution is 2.15. The second-order valence-electron chi connectivity index (χ2n) is 4.35. The number of Topliss-reactive ketones (excluding diaryl/α,β-unsaturated/α-hetero) is 1. The molecule has 0 bridgehead atoms. The maximum absolute atomic E-state index is 11.9. The Morgan fingerprint density at radius 1 is 1.25 bits per heavy atom. The van der Waals surface area contributed by atoms with E-state index >= 15 is 0 Å². The van der Waals surface area contributed by atoms with Crippen molar-refractivity contribution in [3.8, 4) is 0 Å². The van der Waals surface area contributed by atoms with Gasteiger partial charge in [0.15, 0.2) is 12.4 Å².